The predicted molar refractivity (Wildman–Crippen MR) is 163 cm³/mol. The van der Waals surface area contributed by atoms with Crippen LogP contribution < -0.4 is 25.8 Å². The van der Waals surface area contributed by atoms with Crippen molar-refractivity contribution in [2.24, 2.45) is 28.9 Å². The average Bonchev–Trinajstić information content (AvgIpc) is 2.97. The Hall–Kier alpha value is -3.31. The summed E-state index contributed by atoms with van der Waals surface area (Å²) >= 11 is 0. The molecular weight excluding hydrogens is 552 g/mol. The van der Waals surface area contributed by atoms with Gasteiger partial charge >= 0.3 is 6.03 Å². The molecule has 4 aliphatic carbocycles. The van der Waals surface area contributed by atoms with Gasteiger partial charge in [0.2, 0.25) is 15.9 Å². The number of hydrogen-bond donors (Lipinski definition) is 2. The van der Waals surface area contributed by atoms with E-state index in [1.54, 1.807) is 0 Å². The molecule has 2 aromatic rings. The van der Waals surface area contributed by atoms with E-state index >= 15 is 0 Å². The second-order valence-corrected chi connectivity index (χ2v) is 15.0. The van der Waals surface area contributed by atoms with Crippen LogP contribution in [-0.4, -0.2) is 76.2 Å². The highest BCUT2D eigenvalue weighted by Crippen LogP contribution is 2.60. The fraction of sp³-hybridized carbons (Fsp3) is 0.548. The summed E-state index contributed by atoms with van der Waals surface area (Å²) < 4.78 is 25.3. The average molecular weight is 593 g/mol. The van der Waals surface area contributed by atoms with Crippen molar-refractivity contribution >= 4 is 44.7 Å². The Morgan fingerprint density at radius 1 is 0.833 bits per heavy atom. The first-order chi connectivity index (χ1) is 20.1. The molecular formula is C31H40N6O4S. The SMILES string of the molecule is CS(=O)(=O)N1CCN(c2ccc(N3CCN(C(=O)NC4[C@@H]5CC6C[C@H]4CC(C(N)=O)(C6)C5)c4ccccc43)cc2)CC1. The van der Waals surface area contributed by atoms with E-state index in [-0.39, 0.29) is 23.4 Å². The van der Waals surface area contributed by atoms with E-state index in [0.29, 0.717) is 57.0 Å². The molecule has 5 atom stereocenters. The maximum absolute atomic E-state index is 13.8. The molecule has 3 amide bonds. The molecule has 3 unspecified atom stereocenters. The molecule has 0 spiro atoms. The van der Waals surface area contributed by atoms with Crippen LogP contribution in [0.3, 0.4) is 0 Å². The van der Waals surface area contributed by atoms with Crippen LogP contribution in [0, 0.1) is 23.2 Å². The third-order valence-electron chi connectivity index (χ3n) is 10.6. The third kappa shape index (κ3) is 4.70. The minimum absolute atomic E-state index is 0.0590. The van der Waals surface area contributed by atoms with Crippen molar-refractivity contribution in [2.45, 2.75) is 38.1 Å². The van der Waals surface area contributed by atoms with Gasteiger partial charge < -0.3 is 20.9 Å². The van der Waals surface area contributed by atoms with Crippen molar-refractivity contribution in [3.63, 3.8) is 0 Å². The van der Waals surface area contributed by atoms with Crippen molar-refractivity contribution in [1.29, 1.82) is 0 Å². The Balaban J connectivity index is 1.05. The molecule has 224 valence electrons. The molecule has 8 rings (SSSR count). The number of rotatable bonds is 5. The number of carbonyl (C=O) groups is 2. The summed E-state index contributed by atoms with van der Waals surface area (Å²) in [6.45, 7) is 3.54. The van der Waals surface area contributed by atoms with Gasteiger partial charge in [-0.15, -0.1) is 0 Å². The Morgan fingerprint density at radius 3 is 2.07 bits per heavy atom. The number of sulfonamides is 1. The second-order valence-electron chi connectivity index (χ2n) is 13.0. The van der Waals surface area contributed by atoms with Gasteiger partial charge in [0.15, 0.2) is 0 Å². The van der Waals surface area contributed by atoms with Gasteiger partial charge in [-0.25, -0.2) is 13.2 Å². The highest BCUT2D eigenvalue weighted by atomic mass is 32.2. The number of amides is 3. The van der Waals surface area contributed by atoms with E-state index in [1.165, 1.54) is 10.6 Å². The zero-order valence-corrected chi connectivity index (χ0v) is 24.9. The lowest BCUT2D eigenvalue weighted by molar-refractivity contribution is -0.145. The van der Waals surface area contributed by atoms with Crippen LogP contribution in [0.5, 0.6) is 0 Å². The molecule has 4 bridgehead atoms. The van der Waals surface area contributed by atoms with Gasteiger partial charge in [-0.3, -0.25) is 9.69 Å². The number of primary amides is 1. The molecule has 3 N–H and O–H groups in total. The summed E-state index contributed by atoms with van der Waals surface area (Å²) in [6, 6.07) is 16.5. The summed E-state index contributed by atoms with van der Waals surface area (Å²) in [7, 11) is -3.16. The number of nitrogens with zero attached hydrogens (tertiary/aromatic N) is 4. The van der Waals surface area contributed by atoms with E-state index in [0.717, 1.165) is 54.9 Å². The first-order valence-corrected chi connectivity index (χ1v) is 17.0. The molecule has 6 aliphatic rings. The van der Waals surface area contributed by atoms with Gasteiger partial charge in [0.25, 0.3) is 0 Å². The number of nitrogens with one attached hydrogen (secondary N) is 1. The van der Waals surface area contributed by atoms with Gasteiger partial charge in [0.05, 0.1) is 17.6 Å². The fourth-order valence-electron chi connectivity index (χ4n) is 8.74. The molecule has 5 fully saturated rings. The fourth-order valence-corrected chi connectivity index (χ4v) is 9.57. The third-order valence-corrected chi connectivity index (χ3v) is 11.9. The monoisotopic (exact) mass is 592 g/mol. The minimum Gasteiger partial charge on any atom is -0.369 e. The number of urea groups is 1. The number of hydrogen-bond acceptors (Lipinski definition) is 6. The maximum Gasteiger partial charge on any atom is 0.322 e. The highest BCUT2D eigenvalue weighted by Gasteiger charge is 2.58. The normalized spacial score (nSPS) is 30.7. The molecule has 2 aromatic carbocycles. The van der Waals surface area contributed by atoms with Gasteiger partial charge in [-0.05, 0) is 86.3 Å². The van der Waals surface area contributed by atoms with Crippen LogP contribution in [0.4, 0.5) is 27.5 Å². The van der Waals surface area contributed by atoms with Gasteiger partial charge in [0, 0.05) is 62.1 Å². The molecule has 10 nitrogen and oxygen atoms in total. The van der Waals surface area contributed by atoms with Crippen LogP contribution in [0.1, 0.15) is 32.1 Å². The first kappa shape index (κ1) is 27.5. The Morgan fingerprint density at radius 2 is 1.45 bits per heavy atom. The smallest absolute Gasteiger partial charge is 0.322 e. The molecule has 42 heavy (non-hydrogen) atoms. The van der Waals surface area contributed by atoms with E-state index in [2.05, 4.69) is 45.4 Å². The van der Waals surface area contributed by atoms with Crippen molar-refractivity contribution in [3.8, 4) is 0 Å². The van der Waals surface area contributed by atoms with E-state index in [9.17, 15) is 18.0 Å². The number of carbonyl (C=O) groups excluding carboxylic acids is 2. The summed E-state index contributed by atoms with van der Waals surface area (Å²) in [5, 5.41) is 3.41. The second kappa shape index (κ2) is 10.2. The van der Waals surface area contributed by atoms with E-state index < -0.39 is 10.0 Å². The summed E-state index contributed by atoms with van der Waals surface area (Å²) in [6.07, 6.45) is 5.94. The van der Waals surface area contributed by atoms with Gasteiger partial charge in [0.1, 0.15) is 0 Å². The number of nitrogens with two attached hydrogens (primary N) is 1. The van der Waals surface area contributed by atoms with Crippen LogP contribution in [0.15, 0.2) is 48.5 Å². The van der Waals surface area contributed by atoms with Crippen LogP contribution in [0.2, 0.25) is 0 Å². The van der Waals surface area contributed by atoms with Gasteiger partial charge in [-0.2, -0.15) is 4.31 Å². The molecule has 2 heterocycles. The lowest BCUT2D eigenvalue weighted by Gasteiger charge is -2.59. The zero-order valence-electron chi connectivity index (χ0n) is 24.1. The lowest BCUT2D eigenvalue weighted by atomic mass is 9.47. The maximum atomic E-state index is 13.8. The minimum atomic E-state index is -3.16. The van der Waals surface area contributed by atoms with Gasteiger partial charge in [-0.1, -0.05) is 12.1 Å². The Labute approximate surface area is 247 Å². The van der Waals surface area contributed by atoms with Crippen molar-refractivity contribution in [3.05, 3.63) is 48.5 Å². The topological polar surface area (TPSA) is 119 Å². The molecule has 4 saturated carbocycles. The Bertz CT molecular complexity index is 1470. The molecule has 2 aliphatic heterocycles. The van der Waals surface area contributed by atoms with E-state index in [1.807, 2.05) is 23.1 Å². The van der Waals surface area contributed by atoms with E-state index in [4.69, 9.17) is 5.73 Å². The number of fused-ring (bicyclic) bond motifs is 1. The standard InChI is InChI=1S/C31H40N6O4S/c1-42(40,41)35-12-10-34(11-13-35)24-6-8-25(9-7-24)36-14-15-37(27-5-3-2-4-26(27)36)30(39)33-28-22-16-21-17-23(28)20-31(18-21,19-22)29(32)38/h2-9,21-23,28H,10-20H2,1H3,(H2,32,38)(H,33,39)/t21?,22-,23+,28?,31?. The van der Waals surface area contributed by atoms with Crippen molar-refractivity contribution in [2.75, 3.05) is 60.2 Å². The summed E-state index contributed by atoms with van der Waals surface area (Å²) in [5.41, 5.74) is 9.52. The molecule has 1 saturated heterocycles. The largest absolute Gasteiger partial charge is 0.369 e. The number of benzene rings is 2. The number of para-hydroxylation sites is 2. The quantitative estimate of drug-likeness (QED) is 0.551. The van der Waals surface area contributed by atoms with Crippen molar-refractivity contribution in [1.82, 2.24) is 9.62 Å². The molecule has 0 aromatic heterocycles. The highest BCUT2D eigenvalue weighted by molar-refractivity contribution is 7.88. The number of piperazine rings is 1. The molecule has 11 heteroatoms. The summed E-state index contributed by atoms with van der Waals surface area (Å²) in [4.78, 5) is 32.5. The number of anilines is 4. The zero-order chi connectivity index (χ0) is 29.2. The van der Waals surface area contributed by atoms with Crippen LogP contribution >= 0.6 is 0 Å². The Kier molecular flexibility index (Phi) is 6.65. The lowest BCUT2D eigenvalue weighted by Crippen LogP contribution is -2.63. The predicted octanol–water partition coefficient (Wildman–Crippen LogP) is 3.12. The molecule has 0 radical (unpaired) electrons. The first-order valence-electron chi connectivity index (χ1n) is 15.2. The van der Waals surface area contributed by atoms with Crippen LogP contribution in [0.25, 0.3) is 0 Å². The van der Waals surface area contributed by atoms with Crippen LogP contribution in [-0.2, 0) is 14.8 Å². The van der Waals surface area contributed by atoms with Crippen molar-refractivity contribution < 1.29 is 18.0 Å². The summed E-state index contributed by atoms with van der Waals surface area (Å²) in [5.74, 6) is 1.03.